The summed E-state index contributed by atoms with van der Waals surface area (Å²) in [5.74, 6) is -1.63. The number of hydrogen-bond donors (Lipinski definition) is 2. The van der Waals surface area contributed by atoms with Crippen molar-refractivity contribution in [1.29, 1.82) is 0 Å². The second kappa shape index (κ2) is 4.68. The Kier molecular flexibility index (Phi) is 2.75. The van der Waals surface area contributed by atoms with E-state index in [0.717, 1.165) is 10.8 Å². The van der Waals surface area contributed by atoms with Gasteiger partial charge in [-0.25, -0.2) is 4.79 Å². The van der Waals surface area contributed by atoms with Gasteiger partial charge in [0.15, 0.2) is 0 Å². The summed E-state index contributed by atoms with van der Waals surface area (Å²) < 4.78 is 0. The zero-order valence-corrected chi connectivity index (χ0v) is 12.1. The lowest BCUT2D eigenvalue weighted by Crippen LogP contribution is -2.46. The van der Waals surface area contributed by atoms with Crippen molar-refractivity contribution in [3.05, 3.63) is 77.9 Å². The number of hydrogen-bond acceptors (Lipinski definition) is 3. The molecule has 0 aromatic heterocycles. The molecule has 2 N–H and O–H groups in total. The van der Waals surface area contributed by atoms with Crippen molar-refractivity contribution in [2.75, 3.05) is 5.32 Å². The van der Waals surface area contributed by atoms with Gasteiger partial charge in [-0.05, 0) is 17.0 Å². The molecule has 1 aliphatic rings. The van der Waals surface area contributed by atoms with Gasteiger partial charge in [0.25, 0.3) is 0 Å². The van der Waals surface area contributed by atoms with Crippen molar-refractivity contribution in [2.24, 2.45) is 0 Å². The number of benzene rings is 3. The van der Waals surface area contributed by atoms with E-state index >= 15 is 0 Å². The van der Waals surface area contributed by atoms with Gasteiger partial charge in [-0.15, -0.1) is 0 Å². The average Bonchev–Trinajstić information content (AvgIpc) is 2.90. The normalized spacial score (nSPS) is 19.4. The molecule has 0 radical (unpaired) electrons. The smallest absolute Gasteiger partial charge is 0.342 e. The van der Waals surface area contributed by atoms with Crippen molar-refractivity contribution in [1.82, 2.24) is 0 Å². The van der Waals surface area contributed by atoms with Gasteiger partial charge >= 0.3 is 5.97 Å². The quantitative estimate of drug-likeness (QED) is 0.712. The monoisotopic (exact) mass is 303 g/mol. The Hall–Kier alpha value is -3.14. The van der Waals surface area contributed by atoms with Crippen LogP contribution in [0.2, 0.25) is 0 Å². The minimum absolute atomic E-state index is 0.412. The Labute approximate surface area is 132 Å². The molecule has 4 heteroatoms. The predicted molar refractivity (Wildman–Crippen MR) is 87.7 cm³/mol. The molecule has 3 aromatic carbocycles. The highest BCUT2D eigenvalue weighted by Crippen LogP contribution is 2.43. The van der Waals surface area contributed by atoms with Crippen molar-refractivity contribution >= 4 is 28.2 Å². The highest BCUT2D eigenvalue weighted by atomic mass is 16.4. The van der Waals surface area contributed by atoms with E-state index in [4.69, 9.17) is 0 Å². The molecule has 1 heterocycles. The molecule has 0 saturated heterocycles. The van der Waals surface area contributed by atoms with Crippen molar-refractivity contribution in [3.63, 3.8) is 0 Å². The lowest BCUT2D eigenvalue weighted by atomic mass is 9.86. The number of Topliss-reactive ketones (excluding diaryl/α,β-unsaturated/α-hetero) is 1. The van der Waals surface area contributed by atoms with Crippen molar-refractivity contribution < 1.29 is 14.7 Å². The standard InChI is InChI=1S/C19H13NO3/c21-17-15-11-10-12-6-4-5-9-14(12)16(15)20-19(17,18(22)23)13-7-2-1-3-8-13/h1-11,20H,(H,22,23)/t19-/m0/s1. The SMILES string of the molecule is O=C(O)[C@@]1(c2ccccc2)Nc2c(ccc3ccccc23)C1=O. The van der Waals surface area contributed by atoms with Crippen LogP contribution in [0.4, 0.5) is 5.69 Å². The topological polar surface area (TPSA) is 66.4 Å². The zero-order valence-electron chi connectivity index (χ0n) is 12.1. The van der Waals surface area contributed by atoms with E-state index in [-0.39, 0.29) is 0 Å². The van der Waals surface area contributed by atoms with Gasteiger partial charge < -0.3 is 10.4 Å². The van der Waals surface area contributed by atoms with Crippen LogP contribution in [0.3, 0.4) is 0 Å². The number of carbonyl (C=O) groups is 2. The lowest BCUT2D eigenvalue weighted by molar-refractivity contribution is -0.140. The van der Waals surface area contributed by atoms with Gasteiger partial charge in [0.05, 0.1) is 5.69 Å². The maximum atomic E-state index is 13.0. The fourth-order valence-corrected chi connectivity index (χ4v) is 3.21. The molecule has 1 aliphatic heterocycles. The number of nitrogens with one attached hydrogen (secondary N) is 1. The number of ketones is 1. The number of fused-ring (bicyclic) bond motifs is 3. The summed E-state index contributed by atoms with van der Waals surface area (Å²) in [6.07, 6.45) is 0. The minimum atomic E-state index is -1.77. The van der Waals surface area contributed by atoms with E-state index in [1.165, 1.54) is 0 Å². The Morgan fingerprint density at radius 1 is 0.913 bits per heavy atom. The number of carboxylic acids is 1. The molecule has 0 fully saturated rings. The maximum Gasteiger partial charge on any atom is 0.342 e. The van der Waals surface area contributed by atoms with Crippen LogP contribution in [0.25, 0.3) is 10.8 Å². The Balaban J connectivity index is 2.00. The summed E-state index contributed by atoms with van der Waals surface area (Å²) in [7, 11) is 0. The van der Waals surface area contributed by atoms with Gasteiger partial charge in [-0.2, -0.15) is 0 Å². The fraction of sp³-hybridized carbons (Fsp3) is 0.0526. The van der Waals surface area contributed by atoms with Crippen molar-refractivity contribution in [2.45, 2.75) is 5.54 Å². The lowest BCUT2D eigenvalue weighted by Gasteiger charge is -2.24. The van der Waals surface area contributed by atoms with Crippen LogP contribution in [0.5, 0.6) is 0 Å². The van der Waals surface area contributed by atoms with Crippen LogP contribution in [-0.4, -0.2) is 16.9 Å². The molecular weight excluding hydrogens is 290 g/mol. The summed E-state index contributed by atoms with van der Waals surface area (Å²) in [5, 5.41) is 14.7. The van der Waals surface area contributed by atoms with Gasteiger partial charge in [0.2, 0.25) is 11.3 Å². The number of aliphatic carboxylic acids is 1. The third-order valence-electron chi connectivity index (χ3n) is 4.35. The molecule has 4 nitrogen and oxygen atoms in total. The Morgan fingerprint density at radius 2 is 1.61 bits per heavy atom. The number of anilines is 1. The zero-order chi connectivity index (χ0) is 16.0. The van der Waals surface area contributed by atoms with Crippen LogP contribution in [0.1, 0.15) is 15.9 Å². The Bertz CT molecular complexity index is 949. The molecule has 0 unspecified atom stereocenters. The third-order valence-corrected chi connectivity index (χ3v) is 4.35. The molecule has 0 spiro atoms. The van der Waals surface area contributed by atoms with E-state index in [1.807, 2.05) is 30.3 Å². The number of carbonyl (C=O) groups excluding carboxylic acids is 1. The first kappa shape index (κ1) is 13.5. The number of carboxylic acid groups (broad SMARTS) is 1. The highest BCUT2D eigenvalue weighted by Gasteiger charge is 2.53. The molecule has 23 heavy (non-hydrogen) atoms. The third kappa shape index (κ3) is 1.72. The molecule has 0 amide bonds. The van der Waals surface area contributed by atoms with Crippen molar-refractivity contribution in [3.8, 4) is 0 Å². The van der Waals surface area contributed by atoms with E-state index < -0.39 is 17.3 Å². The van der Waals surface area contributed by atoms with Crippen LogP contribution in [0.15, 0.2) is 66.7 Å². The van der Waals surface area contributed by atoms with Gasteiger partial charge in [0.1, 0.15) is 0 Å². The van der Waals surface area contributed by atoms with E-state index in [1.54, 1.807) is 36.4 Å². The first-order valence-corrected chi connectivity index (χ1v) is 7.28. The average molecular weight is 303 g/mol. The molecule has 112 valence electrons. The Morgan fingerprint density at radius 3 is 2.35 bits per heavy atom. The van der Waals surface area contributed by atoms with Gasteiger partial charge in [-0.3, -0.25) is 4.79 Å². The molecule has 1 atom stereocenters. The largest absolute Gasteiger partial charge is 0.479 e. The fourth-order valence-electron chi connectivity index (χ4n) is 3.21. The van der Waals surface area contributed by atoms with Gasteiger partial charge in [-0.1, -0.05) is 60.7 Å². The van der Waals surface area contributed by atoms with E-state index in [2.05, 4.69) is 5.32 Å². The number of rotatable bonds is 2. The molecule has 0 saturated carbocycles. The summed E-state index contributed by atoms with van der Waals surface area (Å²) in [4.78, 5) is 25.0. The summed E-state index contributed by atoms with van der Waals surface area (Å²) >= 11 is 0. The van der Waals surface area contributed by atoms with E-state index in [0.29, 0.717) is 16.8 Å². The second-order valence-corrected chi connectivity index (χ2v) is 5.58. The summed E-state index contributed by atoms with van der Waals surface area (Å²) in [6, 6.07) is 19.7. The van der Waals surface area contributed by atoms with Crippen LogP contribution >= 0.6 is 0 Å². The highest BCUT2D eigenvalue weighted by molar-refractivity contribution is 6.27. The van der Waals surface area contributed by atoms with Crippen LogP contribution in [-0.2, 0) is 10.3 Å². The first-order valence-electron chi connectivity index (χ1n) is 7.28. The molecular formula is C19H13NO3. The predicted octanol–water partition coefficient (Wildman–Crippen LogP) is 3.43. The molecule has 4 rings (SSSR count). The minimum Gasteiger partial charge on any atom is -0.479 e. The summed E-state index contributed by atoms with van der Waals surface area (Å²) in [6.45, 7) is 0. The van der Waals surface area contributed by atoms with E-state index in [9.17, 15) is 14.7 Å². The first-order chi connectivity index (χ1) is 11.1. The molecule has 3 aromatic rings. The maximum absolute atomic E-state index is 13.0. The van der Waals surface area contributed by atoms with Gasteiger partial charge in [0, 0.05) is 10.9 Å². The molecule has 0 bridgehead atoms. The molecule has 0 aliphatic carbocycles. The second-order valence-electron chi connectivity index (χ2n) is 5.58. The van der Waals surface area contributed by atoms with Crippen LogP contribution < -0.4 is 5.32 Å². The van der Waals surface area contributed by atoms with Crippen LogP contribution in [0, 0.1) is 0 Å². The summed E-state index contributed by atoms with van der Waals surface area (Å²) in [5.41, 5.74) is -0.347.